The van der Waals surface area contributed by atoms with Crippen molar-refractivity contribution in [3.63, 3.8) is 0 Å². The lowest BCUT2D eigenvalue weighted by atomic mass is 9.83. The van der Waals surface area contributed by atoms with Gasteiger partial charge in [-0.2, -0.15) is 13.2 Å². The van der Waals surface area contributed by atoms with Crippen LogP contribution in [0.4, 0.5) is 17.6 Å². The van der Waals surface area contributed by atoms with Crippen LogP contribution in [0, 0.1) is 5.82 Å². The highest BCUT2D eigenvalue weighted by Crippen LogP contribution is 2.47. The van der Waals surface area contributed by atoms with Crippen molar-refractivity contribution in [2.24, 2.45) is 0 Å². The third kappa shape index (κ3) is 3.68. The van der Waals surface area contributed by atoms with Gasteiger partial charge < -0.3 is 24.8 Å². The number of nitrogens with one attached hydrogen (secondary N) is 1. The van der Waals surface area contributed by atoms with Gasteiger partial charge in [-0.1, -0.05) is 18.5 Å². The molecule has 41 heavy (non-hydrogen) atoms. The second-order valence-electron chi connectivity index (χ2n) is 10.6. The van der Waals surface area contributed by atoms with Gasteiger partial charge in [-0.05, 0) is 43.4 Å². The molecule has 2 aliphatic heterocycles. The number of hydrogen-bond donors (Lipinski definition) is 3. The van der Waals surface area contributed by atoms with Gasteiger partial charge in [0.1, 0.15) is 12.4 Å². The van der Waals surface area contributed by atoms with Gasteiger partial charge >= 0.3 is 12.1 Å². The van der Waals surface area contributed by atoms with Crippen molar-refractivity contribution < 1.29 is 42.1 Å². The number of pyridine rings is 2. The maximum Gasteiger partial charge on any atom is 0.426 e. The van der Waals surface area contributed by atoms with Crippen molar-refractivity contribution in [1.82, 2.24) is 14.9 Å². The third-order valence-corrected chi connectivity index (χ3v) is 8.75. The maximum absolute atomic E-state index is 14.8. The molecule has 0 unspecified atom stereocenters. The molecule has 0 saturated heterocycles. The first-order valence-electron chi connectivity index (χ1n) is 12.7. The molecule has 3 atom stereocenters. The average molecular weight is 596 g/mol. The minimum Gasteiger partial charge on any atom is -0.458 e. The molecule has 1 aliphatic carbocycles. The topological polar surface area (TPSA) is 131 Å². The number of amides is 1. The third-order valence-electron chi connectivity index (χ3n) is 8.34. The molecule has 0 spiro atoms. The van der Waals surface area contributed by atoms with Gasteiger partial charge in [-0.25, -0.2) is 14.2 Å². The summed E-state index contributed by atoms with van der Waals surface area (Å²) in [6, 6.07) is 1.41. The summed E-state index contributed by atoms with van der Waals surface area (Å²) in [4.78, 5) is 43.3. The van der Waals surface area contributed by atoms with Crippen LogP contribution in [0.2, 0.25) is 5.02 Å². The summed E-state index contributed by atoms with van der Waals surface area (Å²) in [5, 5.41) is 23.5. The summed E-state index contributed by atoms with van der Waals surface area (Å²) in [7, 11) is 0. The number of hydrogen-bond acceptors (Lipinski definition) is 7. The van der Waals surface area contributed by atoms with Crippen molar-refractivity contribution in [2.45, 2.75) is 69.7 Å². The number of fused-ring (bicyclic) bond motifs is 5. The zero-order valence-electron chi connectivity index (χ0n) is 21.6. The van der Waals surface area contributed by atoms with Gasteiger partial charge in [-0.3, -0.25) is 9.59 Å². The number of aliphatic hydroxyl groups is 2. The molecule has 0 saturated carbocycles. The summed E-state index contributed by atoms with van der Waals surface area (Å²) >= 11 is 6.27. The quantitative estimate of drug-likeness (QED) is 0.245. The molecule has 3 aromatic rings. The number of halogens is 5. The Kier molecular flexibility index (Phi) is 5.88. The Labute approximate surface area is 233 Å². The van der Waals surface area contributed by atoms with Crippen LogP contribution in [0.25, 0.3) is 22.3 Å². The molecule has 3 aliphatic rings. The Balaban J connectivity index is 1.60. The van der Waals surface area contributed by atoms with E-state index in [-0.39, 0.29) is 65.5 Å². The van der Waals surface area contributed by atoms with E-state index in [9.17, 15) is 42.2 Å². The Morgan fingerprint density at radius 3 is 2.63 bits per heavy atom. The lowest BCUT2D eigenvalue weighted by Gasteiger charge is -2.32. The lowest BCUT2D eigenvalue weighted by Crippen LogP contribution is -2.55. The van der Waals surface area contributed by atoms with E-state index in [1.807, 2.05) is 0 Å². The van der Waals surface area contributed by atoms with Crippen molar-refractivity contribution >= 4 is 34.4 Å². The molecule has 0 bridgehead atoms. The standard InChI is InChI=1S/C27H22ClF4N3O6/c1-3-26(40)13-6-17-21-11(8-35(17)22(36)12(13)9-41-24(26)38)19-15(34-23(37)25(2,39)27(30,31)32)5-4-10-18(19)16(33-21)7-14(29)20(10)28/h6-7,15,39-40H,3-5,8-9H2,1-2H3,(H,34,37)/t15-,25+,26+/m1/s1. The van der Waals surface area contributed by atoms with Gasteiger partial charge in [0.25, 0.3) is 11.5 Å². The number of nitrogens with zero attached hydrogens (tertiary/aromatic N) is 2. The molecule has 1 amide bonds. The molecule has 216 valence electrons. The van der Waals surface area contributed by atoms with Gasteiger partial charge in [0.2, 0.25) is 5.60 Å². The first-order valence-corrected chi connectivity index (χ1v) is 13.1. The predicted octanol–water partition coefficient (Wildman–Crippen LogP) is 3.29. The van der Waals surface area contributed by atoms with Crippen LogP contribution in [-0.4, -0.2) is 43.4 Å². The molecule has 2 aromatic heterocycles. The fraction of sp³-hybridized carbons (Fsp3) is 0.407. The highest BCUT2D eigenvalue weighted by atomic mass is 35.5. The fourth-order valence-electron chi connectivity index (χ4n) is 5.93. The number of esters is 1. The van der Waals surface area contributed by atoms with Crippen LogP contribution < -0.4 is 10.9 Å². The van der Waals surface area contributed by atoms with Crippen LogP contribution in [0.15, 0.2) is 16.9 Å². The SMILES string of the molecule is CC[C@@]1(O)C(=O)OCc2c1cc1n(c2=O)Cc2c-1nc1cc(F)c(Cl)c3c1c2[C@H](NC(=O)[C@](C)(O)C(F)(F)F)CC3. The summed E-state index contributed by atoms with van der Waals surface area (Å²) < 4.78 is 61.5. The Hall–Kier alpha value is -3.55. The highest BCUT2D eigenvalue weighted by Gasteiger charge is 2.56. The number of rotatable bonds is 3. The van der Waals surface area contributed by atoms with Crippen LogP contribution in [-0.2, 0) is 39.5 Å². The Bertz CT molecular complexity index is 1770. The van der Waals surface area contributed by atoms with E-state index in [0.717, 1.165) is 6.07 Å². The zero-order chi connectivity index (χ0) is 29.8. The minimum atomic E-state index is -5.26. The second-order valence-corrected chi connectivity index (χ2v) is 11.0. The molecule has 9 nitrogen and oxygen atoms in total. The number of carbonyl (C=O) groups is 2. The normalized spacial score (nSPS) is 22.5. The zero-order valence-corrected chi connectivity index (χ0v) is 22.3. The van der Waals surface area contributed by atoms with Gasteiger partial charge in [0, 0.05) is 22.6 Å². The number of alkyl halides is 3. The lowest BCUT2D eigenvalue weighted by molar-refractivity contribution is -0.245. The monoisotopic (exact) mass is 595 g/mol. The molecule has 4 heterocycles. The van der Waals surface area contributed by atoms with Crippen LogP contribution in [0.5, 0.6) is 0 Å². The van der Waals surface area contributed by atoms with Crippen LogP contribution in [0.1, 0.15) is 60.5 Å². The summed E-state index contributed by atoms with van der Waals surface area (Å²) in [5.74, 6) is -3.38. The van der Waals surface area contributed by atoms with E-state index in [4.69, 9.17) is 16.3 Å². The van der Waals surface area contributed by atoms with E-state index in [1.54, 1.807) is 6.92 Å². The minimum absolute atomic E-state index is 0.0150. The Morgan fingerprint density at radius 2 is 1.98 bits per heavy atom. The number of cyclic esters (lactones) is 1. The number of ether oxygens (including phenoxy) is 1. The van der Waals surface area contributed by atoms with E-state index in [0.29, 0.717) is 29.0 Å². The fourth-order valence-corrected chi connectivity index (χ4v) is 6.17. The summed E-state index contributed by atoms with van der Waals surface area (Å²) in [5.41, 5.74) is -4.81. The average Bonchev–Trinajstić information content (AvgIpc) is 3.28. The largest absolute Gasteiger partial charge is 0.458 e. The first kappa shape index (κ1) is 27.6. The number of carbonyl (C=O) groups excluding carboxylic acids is 2. The Morgan fingerprint density at radius 1 is 1.27 bits per heavy atom. The molecule has 3 N–H and O–H groups in total. The van der Waals surface area contributed by atoms with E-state index < -0.39 is 46.7 Å². The molecule has 14 heteroatoms. The summed E-state index contributed by atoms with van der Waals surface area (Å²) in [6.07, 6.45) is -5.25. The maximum atomic E-state index is 14.8. The number of aryl methyl sites for hydroxylation is 1. The molecular weight excluding hydrogens is 574 g/mol. The first-order chi connectivity index (χ1) is 19.1. The predicted molar refractivity (Wildman–Crippen MR) is 135 cm³/mol. The van der Waals surface area contributed by atoms with Crippen molar-refractivity contribution in [3.05, 3.63) is 61.1 Å². The van der Waals surface area contributed by atoms with Crippen LogP contribution in [0.3, 0.4) is 0 Å². The van der Waals surface area contributed by atoms with Crippen molar-refractivity contribution in [2.75, 3.05) is 0 Å². The molecule has 6 rings (SSSR count). The number of benzene rings is 1. The van der Waals surface area contributed by atoms with E-state index >= 15 is 0 Å². The highest BCUT2D eigenvalue weighted by molar-refractivity contribution is 6.32. The van der Waals surface area contributed by atoms with Gasteiger partial charge in [0.05, 0.1) is 40.1 Å². The summed E-state index contributed by atoms with van der Waals surface area (Å²) in [6.45, 7) is 1.40. The second kappa shape index (κ2) is 8.73. The van der Waals surface area contributed by atoms with Crippen molar-refractivity contribution in [1.29, 1.82) is 0 Å². The number of aromatic nitrogens is 2. The smallest absolute Gasteiger partial charge is 0.426 e. The molecule has 0 radical (unpaired) electrons. The van der Waals surface area contributed by atoms with Crippen molar-refractivity contribution in [3.8, 4) is 11.4 Å². The molecule has 0 fully saturated rings. The van der Waals surface area contributed by atoms with Gasteiger partial charge in [-0.15, -0.1) is 0 Å². The van der Waals surface area contributed by atoms with Gasteiger partial charge in [0.15, 0.2) is 5.60 Å². The van der Waals surface area contributed by atoms with E-state index in [2.05, 4.69) is 10.3 Å². The van der Waals surface area contributed by atoms with Crippen LogP contribution >= 0.6 is 11.6 Å². The molecule has 1 aromatic carbocycles. The van der Waals surface area contributed by atoms with E-state index in [1.165, 1.54) is 10.6 Å². The molecular formula is C27H22ClF4N3O6.